The fourth-order valence-corrected chi connectivity index (χ4v) is 3.73. The number of aryl methyl sites for hydroxylation is 1. The van der Waals surface area contributed by atoms with E-state index in [-0.39, 0.29) is 0 Å². The highest BCUT2D eigenvalue weighted by Gasteiger charge is 2.12. The molecule has 1 nitrogen and oxygen atoms in total. The number of nitrogens with one attached hydrogen (secondary N) is 1. The van der Waals surface area contributed by atoms with Gasteiger partial charge in [-0.25, -0.2) is 0 Å². The number of rotatable bonds is 7. The van der Waals surface area contributed by atoms with E-state index < -0.39 is 0 Å². The van der Waals surface area contributed by atoms with Gasteiger partial charge in [-0.15, -0.1) is 0 Å². The molecule has 17 heavy (non-hydrogen) atoms. The average Bonchev–Trinajstić information content (AvgIpc) is 2.34. The molecule has 0 aliphatic heterocycles. The molecule has 0 amide bonds. The third-order valence-corrected chi connectivity index (χ3v) is 5.12. The maximum Gasteiger partial charge on any atom is 0.0894 e. The molecule has 96 valence electrons. The minimum atomic E-state index is 0.394. The van der Waals surface area contributed by atoms with Crippen LogP contribution in [-0.2, 0) is 6.42 Å². The van der Waals surface area contributed by atoms with Crippen LogP contribution in [0.1, 0.15) is 44.2 Å². The summed E-state index contributed by atoms with van der Waals surface area (Å²) in [5.41, 5.74) is 2.78. The normalized spacial score (nSPS) is 13.0. The Morgan fingerprint density at radius 1 is 1.12 bits per heavy atom. The summed E-state index contributed by atoms with van der Waals surface area (Å²) in [6.07, 6.45) is 1.11. The van der Waals surface area contributed by atoms with Gasteiger partial charge in [0.05, 0.1) is 5.37 Å². The predicted molar refractivity (Wildman–Crippen MR) is 82.6 cm³/mol. The van der Waals surface area contributed by atoms with E-state index in [9.17, 15) is 0 Å². The monoisotopic (exact) mass is 269 g/mol. The van der Waals surface area contributed by atoms with Crippen LogP contribution in [0, 0.1) is 0 Å². The van der Waals surface area contributed by atoms with Crippen molar-refractivity contribution in [2.75, 3.05) is 5.75 Å². The second-order valence-electron chi connectivity index (χ2n) is 4.30. The fraction of sp³-hybridized carbons (Fsp3) is 0.571. The predicted octanol–water partition coefficient (Wildman–Crippen LogP) is 4.65. The first kappa shape index (κ1) is 14.9. The first-order valence-electron chi connectivity index (χ1n) is 6.30. The molecular formula is C14H23NS2. The van der Waals surface area contributed by atoms with Gasteiger partial charge in [0, 0.05) is 11.8 Å². The van der Waals surface area contributed by atoms with Gasteiger partial charge in [-0.3, -0.25) is 5.32 Å². The van der Waals surface area contributed by atoms with E-state index in [0.717, 1.165) is 12.2 Å². The van der Waals surface area contributed by atoms with E-state index in [2.05, 4.69) is 57.3 Å². The van der Waals surface area contributed by atoms with E-state index in [1.807, 2.05) is 21.6 Å². The van der Waals surface area contributed by atoms with Crippen molar-refractivity contribution in [2.24, 2.45) is 0 Å². The van der Waals surface area contributed by atoms with Gasteiger partial charge in [-0.2, -0.15) is 0 Å². The Hall–Kier alpha value is -0.120. The van der Waals surface area contributed by atoms with Gasteiger partial charge in [0.2, 0.25) is 0 Å². The summed E-state index contributed by atoms with van der Waals surface area (Å²) in [7, 11) is 3.84. The fourth-order valence-electron chi connectivity index (χ4n) is 1.55. The Labute approximate surface area is 114 Å². The summed E-state index contributed by atoms with van der Waals surface area (Å²) >= 11 is 0. The summed E-state index contributed by atoms with van der Waals surface area (Å²) in [4.78, 5) is 0. The Morgan fingerprint density at radius 2 is 1.76 bits per heavy atom. The number of hydrogen-bond acceptors (Lipinski definition) is 3. The van der Waals surface area contributed by atoms with Gasteiger partial charge in [0.25, 0.3) is 0 Å². The van der Waals surface area contributed by atoms with Crippen molar-refractivity contribution < 1.29 is 0 Å². The molecule has 1 unspecified atom stereocenters. The summed E-state index contributed by atoms with van der Waals surface area (Å²) in [5, 5.41) is 4.00. The molecule has 0 saturated heterocycles. The topological polar surface area (TPSA) is 12.0 Å². The molecule has 1 N–H and O–H groups in total. The maximum absolute atomic E-state index is 3.61. The zero-order valence-electron chi connectivity index (χ0n) is 11.2. The van der Waals surface area contributed by atoms with Crippen LogP contribution in [-0.4, -0.2) is 11.8 Å². The zero-order valence-corrected chi connectivity index (χ0v) is 12.8. The quantitative estimate of drug-likeness (QED) is 0.572. The largest absolute Gasteiger partial charge is 0.299 e. The van der Waals surface area contributed by atoms with Crippen LogP contribution in [0.25, 0.3) is 0 Å². The Morgan fingerprint density at radius 3 is 2.24 bits per heavy atom. The third kappa shape index (κ3) is 5.36. The summed E-state index contributed by atoms with van der Waals surface area (Å²) in [6, 6.07) is 9.49. The van der Waals surface area contributed by atoms with Crippen LogP contribution in [0.4, 0.5) is 0 Å². The molecule has 0 spiro atoms. The van der Waals surface area contributed by atoms with Crippen LogP contribution < -0.4 is 5.32 Å². The van der Waals surface area contributed by atoms with Gasteiger partial charge in [-0.1, -0.05) is 59.7 Å². The van der Waals surface area contributed by atoms with Gasteiger partial charge in [-0.05, 0) is 31.4 Å². The molecule has 0 radical (unpaired) electrons. The first-order valence-corrected chi connectivity index (χ1v) is 8.68. The zero-order chi connectivity index (χ0) is 12.7. The van der Waals surface area contributed by atoms with Crippen molar-refractivity contribution in [1.82, 2.24) is 5.32 Å². The van der Waals surface area contributed by atoms with Crippen LogP contribution >= 0.6 is 21.6 Å². The lowest BCUT2D eigenvalue weighted by molar-refractivity contribution is 0.580. The Balaban J connectivity index is 2.72. The van der Waals surface area contributed by atoms with Crippen molar-refractivity contribution in [1.29, 1.82) is 0 Å². The maximum atomic E-state index is 3.61. The molecule has 0 fully saturated rings. The Bertz CT molecular complexity index is 309. The van der Waals surface area contributed by atoms with Crippen LogP contribution in [0.5, 0.6) is 0 Å². The van der Waals surface area contributed by atoms with E-state index in [4.69, 9.17) is 0 Å². The van der Waals surface area contributed by atoms with Gasteiger partial charge in [0.1, 0.15) is 0 Å². The van der Waals surface area contributed by atoms with E-state index in [0.29, 0.717) is 11.4 Å². The minimum Gasteiger partial charge on any atom is -0.299 e. The number of hydrogen-bond donors (Lipinski definition) is 1. The smallest absolute Gasteiger partial charge is 0.0894 e. The van der Waals surface area contributed by atoms with E-state index in [1.165, 1.54) is 11.1 Å². The molecule has 1 aromatic rings. The van der Waals surface area contributed by atoms with Gasteiger partial charge >= 0.3 is 0 Å². The lowest BCUT2D eigenvalue weighted by Gasteiger charge is -2.20. The van der Waals surface area contributed by atoms with Crippen LogP contribution in [0.2, 0.25) is 0 Å². The molecule has 0 heterocycles. The molecule has 0 bridgehead atoms. The Kier molecular flexibility index (Phi) is 7.09. The van der Waals surface area contributed by atoms with Crippen molar-refractivity contribution in [3.05, 3.63) is 35.4 Å². The van der Waals surface area contributed by atoms with Crippen molar-refractivity contribution >= 4 is 21.6 Å². The SMILES string of the molecule is CCSSC(NC(C)C)c1ccc(CC)cc1. The molecule has 0 aliphatic carbocycles. The molecular weight excluding hydrogens is 246 g/mol. The molecule has 3 heteroatoms. The van der Waals surface area contributed by atoms with E-state index in [1.54, 1.807) is 0 Å². The van der Waals surface area contributed by atoms with Gasteiger partial charge < -0.3 is 0 Å². The minimum absolute atomic E-state index is 0.394. The highest BCUT2D eigenvalue weighted by Crippen LogP contribution is 2.36. The third-order valence-electron chi connectivity index (χ3n) is 2.46. The van der Waals surface area contributed by atoms with Crippen LogP contribution in [0.3, 0.4) is 0 Å². The first-order chi connectivity index (χ1) is 8.17. The standard InChI is InChI=1S/C14H23NS2/c1-5-12-7-9-13(10-8-12)14(15-11(3)4)17-16-6-2/h7-11,14-15H,5-6H2,1-4H3. The molecule has 0 saturated carbocycles. The molecule has 1 rings (SSSR count). The molecule has 0 aliphatic rings. The van der Waals surface area contributed by atoms with E-state index >= 15 is 0 Å². The summed E-state index contributed by atoms with van der Waals surface area (Å²) < 4.78 is 0. The van der Waals surface area contributed by atoms with Crippen LogP contribution in [0.15, 0.2) is 24.3 Å². The second-order valence-corrected chi connectivity index (χ2v) is 7.06. The number of benzene rings is 1. The summed E-state index contributed by atoms with van der Waals surface area (Å²) in [5.74, 6) is 1.15. The lowest BCUT2D eigenvalue weighted by Crippen LogP contribution is -2.25. The lowest BCUT2D eigenvalue weighted by atomic mass is 10.1. The molecule has 1 atom stereocenters. The summed E-state index contributed by atoms with van der Waals surface area (Å²) in [6.45, 7) is 8.79. The van der Waals surface area contributed by atoms with Gasteiger partial charge in [0.15, 0.2) is 0 Å². The average molecular weight is 269 g/mol. The highest BCUT2D eigenvalue weighted by atomic mass is 33.1. The molecule has 0 aromatic heterocycles. The molecule has 1 aromatic carbocycles. The highest BCUT2D eigenvalue weighted by molar-refractivity contribution is 8.76. The van der Waals surface area contributed by atoms with Crippen molar-refractivity contribution in [2.45, 2.75) is 45.5 Å². The second kappa shape index (κ2) is 8.06. The van der Waals surface area contributed by atoms with Crippen molar-refractivity contribution in [3.63, 3.8) is 0 Å². The van der Waals surface area contributed by atoms with Crippen molar-refractivity contribution in [3.8, 4) is 0 Å².